The molecule has 0 bridgehead atoms. The number of para-hydroxylation sites is 2. The molecule has 0 atom stereocenters. The highest BCUT2D eigenvalue weighted by molar-refractivity contribution is 5.97. The number of fused-ring (bicyclic) bond motifs is 1. The maximum Gasteiger partial charge on any atom is 0.339 e. The summed E-state index contributed by atoms with van der Waals surface area (Å²) in [6, 6.07) is 19.1. The van der Waals surface area contributed by atoms with Crippen molar-refractivity contribution in [2.75, 3.05) is 18.2 Å². The molecule has 9 heteroatoms. The summed E-state index contributed by atoms with van der Waals surface area (Å²) in [4.78, 5) is 16.7. The highest BCUT2D eigenvalue weighted by atomic mass is 16.5. The third kappa shape index (κ3) is 3.62. The van der Waals surface area contributed by atoms with Crippen molar-refractivity contribution >= 4 is 29.1 Å². The van der Waals surface area contributed by atoms with Gasteiger partial charge in [0.25, 0.3) is 0 Å². The Morgan fingerprint density at radius 3 is 2.59 bits per heavy atom. The van der Waals surface area contributed by atoms with Crippen molar-refractivity contribution in [1.82, 2.24) is 24.4 Å². The van der Waals surface area contributed by atoms with Crippen LogP contribution < -0.4 is 11.1 Å². The fourth-order valence-electron chi connectivity index (χ4n) is 4.03. The quantitative estimate of drug-likeness (QED) is 0.381. The number of methoxy groups -OCH3 is 1. The number of nitrogens with two attached hydrogens (primary N) is 1. The molecule has 34 heavy (non-hydrogen) atoms. The van der Waals surface area contributed by atoms with E-state index in [9.17, 15) is 4.79 Å². The van der Waals surface area contributed by atoms with Crippen LogP contribution in [-0.2, 0) is 4.74 Å². The van der Waals surface area contributed by atoms with E-state index in [0.717, 1.165) is 28.1 Å². The smallest absolute Gasteiger partial charge is 0.339 e. The van der Waals surface area contributed by atoms with Crippen LogP contribution in [-0.4, -0.2) is 37.5 Å². The Morgan fingerprint density at radius 1 is 1.03 bits per heavy atom. The summed E-state index contributed by atoms with van der Waals surface area (Å²) >= 11 is 0. The summed E-state index contributed by atoms with van der Waals surface area (Å²) in [6.07, 6.45) is 1.81. The lowest BCUT2D eigenvalue weighted by Gasteiger charge is -2.16. The number of aryl methyl sites for hydroxylation is 2. The summed E-state index contributed by atoms with van der Waals surface area (Å²) in [5.74, 6) is 0.485. The van der Waals surface area contributed by atoms with Crippen LogP contribution in [0, 0.1) is 13.8 Å². The van der Waals surface area contributed by atoms with E-state index >= 15 is 0 Å². The predicted octanol–water partition coefficient (Wildman–Crippen LogP) is 4.31. The third-order valence-electron chi connectivity index (χ3n) is 5.63. The van der Waals surface area contributed by atoms with Gasteiger partial charge in [-0.05, 0) is 55.3 Å². The topological polar surface area (TPSA) is 112 Å². The van der Waals surface area contributed by atoms with Crippen molar-refractivity contribution in [2.24, 2.45) is 0 Å². The van der Waals surface area contributed by atoms with Gasteiger partial charge in [-0.1, -0.05) is 30.3 Å². The number of nitrogens with one attached hydrogen (secondary N) is 1. The summed E-state index contributed by atoms with van der Waals surface area (Å²) in [5.41, 5.74) is 12.0. The number of nitrogen functional groups attached to an aromatic ring is 1. The molecule has 170 valence electrons. The Kier molecular flexibility index (Phi) is 5.21. The van der Waals surface area contributed by atoms with Crippen LogP contribution in [0.3, 0.4) is 0 Å². The molecule has 0 saturated heterocycles. The Hall–Kier alpha value is -4.66. The summed E-state index contributed by atoms with van der Waals surface area (Å²) in [6.45, 7) is 3.98. The lowest BCUT2D eigenvalue weighted by Crippen LogP contribution is -2.09. The normalized spacial score (nSPS) is 11.0. The van der Waals surface area contributed by atoms with Gasteiger partial charge in [0, 0.05) is 11.8 Å². The second-order valence-electron chi connectivity index (χ2n) is 7.86. The van der Waals surface area contributed by atoms with Crippen LogP contribution in [0.2, 0.25) is 0 Å². The minimum atomic E-state index is -0.427. The van der Waals surface area contributed by atoms with E-state index in [0.29, 0.717) is 22.7 Å². The van der Waals surface area contributed by atoms with Gasteiger partial charge in [0.15, 0.2) is 5.65 Å². The van der Waals surface area contributed by atoms with Gasteiger partial charge in [-0.3, -0.25) is 0 Å². The third-order valence-corrected chi connectivity index (χ3v) is 5.63. The Balaban J connectivity index is 1.74. The maximum atomic E-state index is 12.4. The van der Waals surface area contributed by atoms with Crippen molar-refractivity contribution in [3.63, 3.8) is 0 Å². The number of anilines is 3. The molecule has 5 rings (SSSR count). The zero-order chi connectivity index (χ0) is 23.8. The minimum absolute atomic E-state index is 0.204. The van der Waals surface area contributed by atoms with Crippen molar-refractivity contribution in [2.45, 2.75) is 13.8 Å². The molecule has 3 aromatic heterocycles. The number of ether oxygens (including phenoxy) is 1. The molecular formula is C25H23N7O2. The van der Waals surface area contributed by atoms with Crippen molar-refractivity contribution < 1.29 is 9.53 Å². The molecule has 0 unspecified atom stereocenters. The molecule has 9 nitrogen and oxygen atoms in total. The number of hydrogen-bond acceptors (Lipinski definition) is 7. The molecule has 0 radical (unpaired) electrons. The van der Waals surface area contributed by atoms with E-state index in [1.807, 2.05) is 73.3 Å². The maximum absolute atomic E-state index is 12.4. The summed E-state index contributed by atoms with van der Waals surface area (Å²) in [5, 5.41) is 12.5. The van der Waals surface area contributed by atoms with Crippen molar-refractivity contribution in [1.29, 1.82) is 0 Å². The molecule has 0 aliphatic heterocycles. The molecule has 0 fully saturated rings. The monoisotopic (exact) mass is 453 g/mol. The van der Waals surface area contributed by atoms with E-state index in [2.05, 4.69) is 15.4 Å². The molecule has 2 aromatic carbocycles. The van der Waals surface area contributed by atoms with Crippen LogP contribution in [0.25, 0.3) is 22.5 Å². The van der Waals surface area contributed by atoms with Gasteiger partial charge in [-0.2, -0.15) is 10.1 Å². The molecule has 0 aliphatic rings. The first-order valence-corrected chi connectivity index (χ1v) is 10.7. The zero-order valence-electron chi connectivity index (χ0n) is 19.0. The number of nitrogens with zero attached hydrogens (tertiary/aromatic N) is 5. The van der Waals surface area contributed by atoms with Crippen LogP contribution in [0.1, 0.15) is 21.6 Å². The molecule has 0 aliphatic carbocycles. The number of carbonyl (C=O) groups is 1. The Bertz CT molecular complexity index is 1530. The highest BCUT2D eigenvalue weighted by Gasteiger charge is 2.22. The van der Waals surface area contributed by atoms with Crippen LogP contribution in [0.4, 0.5) is 17.5 Å². The minimum Gasteiger partial charge on any atom is -0.465 e. The van der Waals surface area contributed by atoms with Gasteiger partial charge in [0.05, 0.1) is 29.7 Å². The molecule has 0 saturated carbocycles. The number of benzene rings is 2. The van der Waals surface area contributed by atoms with Gasteiger partial charge in [-0.25, -0.2) is 14.0 Å². The fraction of sp³-hybridized carbons (Fsp3) is 0.120. The number of aromatic nitrogens is 5. The first-order valence-electron chi connectivity index (χ1n) is 10.7. The fourth-order valence-corrected chi connectivity index (χ4v) is 4.03. The van der Waals surface area contributed by atoms with Gasteiger partial charge in [-0.15, -0.1) is 5.10 Å². The molecular weight excluding hydrogens is 430 g/mol. The molecule has 5 aromatic rings. The van der Waals surface area contributed by atoms with Crippen LogP contribution in [0.5, 0.6) is 0 Å². The predicted molar refractivity (Wildman–Crippen MR) is 130 cm³/mol. The first kappa shape index (κ1) is 21.2. The molecule has 0 amide bonds. The van der Waals surface area contributed by atoms with Gasteiger partial charge < -0.3 is 15.8 Å². The SMILES string of the molecule is COC(=O)c1ccccc1Nc1c(-c2ccn3nc(N)nc3c2)c(C)nn1-c1ccccc1C. The zero-order valence-corrected chi connectivity index (χ0v) is 19.0. The largest absolute Gasteiger partial charge is 0.465 e. The molecule has 0 spiro atoms. The summed E-state index contributed by atoms with van der Waals surface area (Å²) in [7, 11) is 1.37. The van der Waals surface area contributed by atoms with E-state index < -0.39 is 5.97 Å². The van der Waals surface area contributed by atoms with Gasteiger partial charge in [0.2, 0.25) is 5.95 Å². The first-order chi connectivity index (χ1) is 16.5. The van der Waals surface area contributed by atoms with Crippen molar-refractivity contribution in [3.05, 3.63) is 83.7 Å². The number of hydrogen-bond donors (Lipinski definition) is 2. The van der Waals surface area contributed by atoms with E-state index in [1.54, 1.807) is 16.6 Å². The van der Waals surface area contributed by atoms with Gasteiger partial charge in [0.1, 0.15) is 5.82 Å². The Morgan fingerprint density at radius 2 is 1.79 bits per heavy atom. The molecule has 3 heterocycles. The second kappa shape index (κ2) is 8.36. The average molecular weight is 454 g/mol. The molecule has 3 N–H and O–H groups in total. The van der Waals surface area contributed by atoms with E-state index in [-0.39, 0.29) is 5.95 Å². The van der Waals surface area contributed by atoms with Crippen LogP contribution in [0.15, 0.2) is 66.9 Å². The lowest BCUT2D eigenvalue weighted by molar-refractivity contribution is 0.0602. The number of carbonyl (C=O) groups excluding carboxylic acids is 1. The number of pyridine rings is 1. The van der Waals surface area contributed by atoms with E-state index in [1.165, 1.54) is 7.11 Å². The highest BCUT2D eigenvalue weighted by Crippen LogP contribution is 2.37. The van der Waals surface area contributed by atoms with Crippen molar-refractivity contribution in [3.8, 4) is 16.8 Å². The Labute approximate surface area is 195 Å². The number of rotatable bonds is 5. The standard InChI is InChI=1S/C25H23N7O2/c1-15-8-4-7-11-20(15)32-23(27-19-10-6-5-9-18(19)24(33)34-3)22(16(2)29-32)17-12-13-31-21(14-17)28-25(26)30-31/h4-14,27H,1-3H3,(H2,26,30). The average Bonchev–Trinajstić information content (AvgIpc) is 3.37. The van der Waals surface area contributed by atoms with E-state index in [4.69, 9.17) is 15.6 Å². The second-order valence-corrected chi connectivity index (χ2v) is 7.86. The van der Waals surface area contributed by atoms with Gasteiger partial charge >= 0.3 is 5.97 Å². The van der Waals surface area contributed by atoms with Crippen LogP contribution >= 0.6 is 0 Å². The summed E-state index contributed by atoms with van der Waals surface area (Å²) < 4.78 is 8.47. The lowest BCUT2D eigenvalue weighted by atomic mass is 10.1. The number of esters is 1.